The van der Waals surface area contributed by atoms with E-state index < -0.39 is 0 Å². The van der Waals surface area contributed by atoms with Crippen LogP contribution in [0.15, 0.2) is 29.0 Å². The van der Waals surface area contributed by atoms with Crippen LogP contribution in [0, 0.1) is 13.8 Å². The lowest BCUT2D eigenvalue weighted by Crippen LogP contribution is -2.38. The summed E-state index contributed by atoms with van der Waals surface area (Å²) in [5.41, 5.74) is 2.80. The molecular weight excluding hydrogens is 436 g/mol. The number of rotatable bonds is 3. The van der Waals surface area contributed by atoms with Gasteiger partial charge in [-0.15, -0.1) is 11.3 Å². The van der Waals surface area contributed by atoms with E-state index >= 15 is 0 Å². The number of nitrogens with one attached hydrogen (secondary N) is 1. The van der Waals surface area contributed by atoms with Crippen LogP contribution in [0.4, 0.5) is 11.5 Å². The van der Waals surface area contributed by atoms with Gasteiger partial charge in [-0.3, -0.25) is 4.79 Å². The summed E-state index contributed by atoms with van der Waals surface area (Å²) < 4.78 is 0.997. The highest BCUT2D eigenvalue weighted by molar-refractivity contribution is 9.10. The van der Waals surface area contributed by atoms with E-state index in [1.54, 1.807) is 6.33 Å². The highest BCUT2D eigenvalue weighted by Crippen LogP contribution is 2.37. The monoisotopic (exact) mass is 458 g/mol. The van der Waals surface area contributed by atoms with Gasteiger partial charge in [0.2, 0.25) is 0 Å². The first-order valence-corrected chi connectivity index (χ1v) is 11.1. The van der Waals surface area contributed by atoms with Gasteiger partial charge < -0.3 is 10.2 Å². The molecule has 1 aliphatic rings. The van der Waals surface area contributed by atoms with Gasteiger partial charge in [0.1, 0.15) is 17.0 Å². The number of nitrogens with zero attached hydrogens (tertiary/aromatic N) is 3. The maximum absolute atomic E-state index is 13.0. The van der Waals surface area contributed by atoms with E-state index in [-0.39, 0.29) is 5.91 Å². The summed E-state index contributed by atoms with van der Waals surface area (Å²) in [5, 5.41) is 4.07. The van der Waals surface area contributed by atoms with Gasteiger partial charge in [-0.25, -0.2) is 9.97 Å². The second-order valence-corrected chi connectivity index (χ2v) is 9.30. The number of hydrogen-bond donors (Lipinski definition) is 1. The Hall–Kier alpha value is -1.99. The van der Waals surface area contributed by atoms with Crippen LogP contribution in [0.2, 0.25) is 0 Å². The third kappa shape index (κ3) is 3.53. The van der Waals surface area contributed by atoms with Gasteiger partial charge in [-0.1, -0.05) is 15.9 Å². The molecule has 1 fully saturated rings. The Morgan fingerprint density at radius 1 is 1.29 bits per heavy atom. The van der Waals surface area contributed by atoms with Crippen molar-refractivity contribution < 1.29 is 4.79 Å². The average Bonchev–Trinajstić information content (AvgIpc) is 3.01. The van der Waals surface area contributed by atoms with Crippen LogP contribution in [-0.4, -0.2) is 28.5 Å². The van der Waals surface area contributed by atoms with Crippen molar-refractivity contribution in [3.63, 3.8) is 0 Å². The van der Waals surface area contributed by atoms with Crippen LogP contribution < -0.4 is 10.2 Å². The van der Waals surface area contributed by atoms with E-state index in [0.717, 1.165) is 43.9 Å². The zero-order valence-corrected chi connectivity index (χ0v) is 18.7. The minimum atomic E-state index is -0.0939. The van der Waals surface area contributed by atoms with Gasteiger partial charge >= 0.3 is 0 Å². The summed E-state index contributed by atoms with van der Waals surface area (Å²) in [7, 11) is 0. The first-order chi connectivity index (χ1) is 13.5. The number of thiophene rings is 1. The molecule has 146 valence electrons. The van der Waals surface area contributed by atoms with Crippen LogP contribution in [-0.2, 0) is 0 Å². The van der Waals surface area contributed by atoms with Gasteiger partial charge in [0, 0.05) is 22.7 Å². The summed E-state index contributed by atoms with van der Waals surface area (Å²) in [6, 6.07) is 6.30. The van der Waals surface area contributed by atoms with Crippen molar-refractivity contribution in [3.05, 3.63) is 45.0 Å². The molecule has 1 aromatic carbocycles. The lowest BCUT2D eigenvalue weighted by molar-refractivity contribution is 0.103. The molecule has 0 bridgehead atoms. The molecule has 0 saturated carbocycles. The fourth-order valence-corrected chi connectivity index (χ4v) is 5.36. The molecule has 1 unspecified atom stereocenters. The van der Waals surface area contributed by atoms with Crippen molar-refractivity contribution in [1.29, 1.82) is 0 Å². The lowest BCUT2D eigenvalue weighted by Gasteiger charge is -2.34. The molecule has 3 heterocycles. The van der Waals surface area contributed by atoms with E-state index in [1.807, 2.05) is 32.0 Å². The summed E-state index contributed by atoms with van der Waals surface area (Å²) in [6.45, 7) is 7.24. The quantitative estimate of drug-likeness (QED) is 0.546. The van der Waals surface area contributed by atoms with E-state index in [1.165, 1.54) is 30.6 Å². The molecule has 1 amide bonds. The molecule has 3 aromatic rings. The van der Waals surface area contributed by atoms with Gasteiger partial charge in [-0.05, 0) is 69.4 Å². The van der Waals surface area contributed by atoms with Gasteiger partial charge in [0.25, 0.3) is 5.91 Å². The summed E-state index contributed by atoms with van der Waals surface area (Å²) in [4.78, 5) is 26.0. The van der Waals surface area contributed by atoms with Crippen molar-refractivity contribution in [1.82, 2.24) is 9.97 Å². The molecule has 0 spiro atoms. The van der Waals surface area contributed by atoms with Crippen molar-refractivity contribution >= 4 is 54.9 Å². The molecule has 1 saturated heterocycles. The molecule has 2 aromatic heterocycles. The molecule has 7 heteroatoms. The zero-order chi connectivity index (χ0) is 19.8. The first-order valence-electron chi connectivity index (χ1n) is 9.54. The molecule has 28 heavy (non-hydrogen) atoms. The van der Waals surface area contributed by atoms with Crippen LogP contribution >= 0.6 is 27.3 Å². The molecule has 4 rings (SSSR count). The van der Waals surface area contributed by atoms with E-state index in [4.69, 9.17) is 0 Å². The molecule has 1 atom stereocenters. The number of carbonyl (C=O) groups is 1. The third-order valence-corrected chi connectivity index (χ3v) is 7.12. The number of halogens is 1. The Morgan fingerprint density at radius 2 is 2.11 bits per heavy atom. The zero-order valence-electron chi connectivity index (χ0n) is 16.3. The number of benzene rings is 1. The minimum absolute atomic E-state index is 0.0939. The van der Waals surface area contributed by atoms with Crippen molar-refractivity contribution in [3.8, 4) is 0 Å². The largest absolute Gasteiger partial charge is 0.353 e. The van der Waals surface area contributed by atoms with Crippen LogP contribution in [0.25, 0.3) is 10.2 Å². The molecule has 1 aliphatic heterocycles. The Kier molecular flexibility index (Phi) is 5.38. The number of carbonyl (C=O) groups excluding carboxylic acids is 1. The maximum atomic E-state index is 13.0. The fraction of sp³-hybridized carbons (Fsp3) is 0.381. The SMILES string of the molecule is Cc1cc(Br)ccc1NC(=O)c1sc2ncnc(N3CCCCC3C)c2c1C. The van der Waals surface area contributed by atoms with Crippen LogP contribution in [0.1, 0.15) is 47.0 Å². The number of fused-ring (bicyclic) bond motifs is 1. The standard InChI is InChI=1S/C21H23BrN4OS/c1-12-10-15(22)7-8-16(12)25-20(27)18-14(3)17-19(23-11-24-21(17)28-18)26-9-5-4-6-13(26)2/h7-8,10-11,13H,4-6,9H2,1-3H3,(H,25,27). The topological polar surface area (TPSA) is 58.1 Å². The van der Waals surface area contributed by atoms with Gasteiger partial charge in [-0.2, -0.15) is 0 Å². The van der Waals surface area contributed by atoms with E-state index in [0.29, 0.717) is 10.9 Å². The second kappa shape index (κ2) is 7.79. The van der Waals surface area contributed by atoms with Gasteiger partial charge in [0.05, 0.1) is 10.3 Å². The number of aromatic nitrogens is 2. The van der Waals surface area contributed by atoms with E-state index in [2.05, 4.69) is 43.0 Å². The second-order valence-electron chi connectivity index (χ2n) is 7.39. The number of hydrogen-bond acceptors (Lipinski definition) is 5. The number of piperidine rings is 1. The minimum Gasteiger partial charge on any atom is -0.353 e. The van der Waals surface area contributed by atoms with E-state index in [9.17, 15) is 4.79 Å². The maximum Gasteiger partial charge on any atom is 0.266 e. The molecule has 1 N–H and O–H groups in total. The predicted molar refractivity (Wildman–Crippen MR) is 120 cm³/mol. The molecule has 0 aliphatic carbocycles. The highest BCUT2D eigenvalue weighted by atomic mass is 79.9. The van der Waals surface area contributed by atoms with Crippen molar-refractivity contribution in [2.24, 2.45) is 0 Å². The number of amides is 1. The highest BCUT2D eigenvalue weighted by Gasteiger charge is 2.26. The van der Waals surface area contributed by atoms with Crippen LogP contribution in [0.5, 0.6) is 0 Å². The summed E-state index contributed by atoms with van der Waals surface area (Å²) >= 11 is 4.90. The number of anilines is 2. The lowest BCUT2D eigenvalue weighted by atomic mass is 10.0. The molecule has 0 radical (unpaired) electrons. The third-order valence-electron chi connectivity index (χ3n) is 5.42. The summed E-state index contributed by atoms with van der Waals surface area (Å²) in [5.74, 6) is 0.869. The number of aryl methyl sites for hydroxylation is 2. The smallest absolute Gasteiger partial charge is 0.266 e. The summed E-state index contributed by atoms with van der Waals surface area (Å²) in [6.07, 6.45) is 5.23. The normalized spacial score (nSPS) is 17.1. The molecule has 5 nitrogen and oxygen atoms in total. The predicted octanol–water partition coefficient (Wildman–Crippen LogP) is 5.70. The average molecular weight is 459 g/mol. The fourth-order valence-electron chi connectivity index (χ4n) is 3.85. The molecular formula is C21H23BrN4OS. The Morgan fingerprint density at radius 3 is 2.86 bits per heavy atom. The Labute approximate surface area is 177 Å². The van der Waals surface area contributed by atoms with Crippen molar-refractivity contribution in [2.45, 2.75) is 46.1 Å². The first kappa shape index (κ1) is 19.3. The van der Waals surface area contributed by atoms with Crippen LogP contribution in [0.3, 0.4) is 0 Å². The Balaban J connectivity index is 1.71. The van der Waals surface area contributed by atoms with Crippen molar-refractivity contribution in [2.75, 3.05) is 16.8 Å². The Bertz CT molecular complexity index is 1050. The van der Waals surface area contributed by atoms with Gasteiger partial charge in [0.15, 0.2) is 0 Å².